The summed E-state index contributed by atoms with van der Waals surface area (Å²) >= 11 is 0. The summed E-state index contributed by atoms with van der Waals surface area (Å²) in [5.41, 5.74) is -0.165. The fourth-order valence-corrected chi connectivity index (χ4v) is 2.04. The van der Waals surface area contributed by atoms with E-state index in [-0.39, 0.29) is 16.9 Å². The zero-order valence-electron chi connectivity index (χ0n) is 9.23. The van der Waals surface area contributed by atoms with Crippen LogP contribution in [0.5, 0.6) is 0 Å². The predicted octanol–water partition coefficient (Wildman–Crippen LogP) is 2.44. The summed E-state index contributed by atoms with van der Waals surface area (Å²) in [5.74, 6) is 0. The third-order valence-corrected chi connectivity index (χ3v) is 2.96. The zero-order valence-corrected chi connectivity index (χ0v) is 10.0. The summed E-state index contributed by atoms with van der Waals surface area (Å²) < 4.78 is 28.3. The normalized spacial score (nSPS) is 12.7. The average Bonchev–Trinajstić information content (AvgIpc) is 2.16. The fraction of sp³-hybridized carbons (Fsp3) is 0.455. The van der Waals surface area contributed by atoms with E-state index in [9.17, 15) is 8.42 Å². The van der Waals surface area contributed by atoms with Crippen molar-refractivity contribution in [1.29, 1.82) is 0 Å². The first-order chi connectivity index (χ1) is 6.81. The van der Waals surface area contributed by atoms with E-state index in [1.807, 2.05) is 20.8 Å². The van der Waals surface area contributed by atoms with Gasteiger partial charge in [-0.25, -0.2) is 0 Å². The molecule has 0 radical (unpaired) electrons. The number of benzene rings is 1. The first kappa shape index (κ1) is 12.2. The predicted molar refractivity (Wildman–Crippen MR) is 59.0 cm³/mol. The van der Waals surface area contributed by atoms with Gasteiger partial charge in [0.05, 0.1) is 11.5 Å². The Bertz CT molecular complexity index is 401. The van der Waals surface area contributed by atoms with Gasteiger partial charge in [-0.2, -0.15) is 8.42 Å². The zero-order chi connectivity index (χ0) is 11.5. The molecule has 15 heavy (non-hydrogen) atoms. The van der Waals surface area contributed by atoms with Gasteiger partial charge in [0.1, 0.15) is 0 Å². The van der Waals surface area contributed by atoms with Gasteiger partial charge in [-0.1, -0.05) is 39.0 Å². The van der Waals surface area contributed by atoms with Crippen molar-refractivity contribution < 1.29 is 12.6 Å². The Hall–Kier alpha value is -0.870. The molecule has 1 aromatic rings. The molecule has 0 atom stereocenters. The molecule has 0 aromatic heterocycles. The molecule has 0 amide bonds. The first-order valence-corrected chi connectivity index (χ1v) is 6.17. The second-order valence-electron chi connectivity index (χ2n) is 4.59. The lowest BCUT2D eigenvalue weighted by Gasteiger charge is -2.17. The Balaban J connectivity index is 2.78. The summed E-state index contributed by atoms with van der Waals surface area (Å²) in [7, 11) is -3.59. The molecule has 0 unspecified atom stereocenters. The number of hydrogen-bond acceptors (Lipinski definition) is 3. The third-order valence-electron chi connectivity index (χ3n) is 1.68. The van der Waals surface area contributed by atoms with Gasteiger partial charge in [0.25, 0.3) is 10.1 Å². The summed E-state index contributed by atoms with van der Waals surface area (Å²) in [6.07, 6.45) is 0. The van der Waals surface area contributed by atoms with Crippen molar-refractivity contribution in [1.82, 2.24) is 0 Å². The second kappa shape index (κ2) is 4.33. The molecule has 0 spiro atoms. The number of rotatable bonds is 3. The summed E-state index contributed by atoms with van der Waals surface area (Å²) in [6, 6.07) is 8.17. The molecule has 0 bridgehead atoms. The molecule has 0 saturated heterocycles. The van der Waals surface area contributed by atoms with Gasteiger partial charge in [-0.05, 0) is 17.5 Å². The molecule has 4 heteroatoms. The van der Waals surface area contributed by atoms with Crippen LogP contribution in [0.25, 0.3) is 0 Å². The summed E-state index contributed by atoms with van der Waals surface area (Å²) in [4.78, 5) is 0.203. The molecule has 3 nitrogen and oxygen atoms in total. The molecule has 0 aliphatic carbocycles. The van der Waals surface area contributed by atoms with E-state index in [4.69, 9.17) is 4.18 Å². The van der Waals surface area contributed by atoms with Crippen LogP contribution in [0, 0.1) is 5.41 Å². The second-order valence-corrected chi connectivity index (χ2v) is 6.21. The topological polar surface area (TPSA) is 43.4 Å². The maximum atomic E-state index is 11.7. The van der Waals surface area contributed by atoms with Crippen molar-refractivity contribution in [2.24, 2.45) is 5.41 Å². The molecule has 0 fully saturated rings. The van der Waals surface area contributed by atoms with Crippen molar-refractivity contribution in [3.8, 4) is 0 Å². The van der Waals surface area contributed by atoms with Gasteiger partial charge >= 0.3 is 0 Å². The average molecular weight is 228 g/mol. The van der Waals surface area contributed by atoms with Crippen LogP contribution < -0.4 is 0 Å². The van der Waals surface area contributed by atoms with Crippen LogP contribution in [-0.4, -0.2) is 15.0 Å². The lowest BCUT2D eigenvalue weighted by Crippen LogP contribution is -2.18. The van der Waals surface area contributed by atoms with E-state index in [1.54, 1.807) is 18.2 Å². The molecular weight excluding hydrogens is 212 g/mol. The van der Waals surface area contributed by atoms with Crippen LogP contribution in [0.15, 0.2) is 35.2 Å². The van der Waals surface area contributed by atoms with E-state index < -0.39 is 10.1 Å². The van der Waals surface area contributed by atoms with Gasteiger partial charge in [-0.15, -0.1) is 0 Å². The van der Waals surface area contributed by atoms with Crippen LogP contribution in [0.1, 0.15) is 20.8 Å². The Labute approximate surface area is 91.2 Å². The quantitative estimate of drug-likeness (QED) is 0.746. The smallest absolute Gasteiger partial charge is 0.266 e. The van der Waals surface area contributed by atoms with E-state index in [1.165, 1.54) is 12.1 Å². The van der Waals surface area contributed by atoms with Gasteiger partial charge in [0, 0.05) is 0 Å². The highest BCUT2D eigenvalue weighted by Crippen LogP contribution is 2.18. The lowest BCUT2D eigenvalue weighted by atomic mass is 9.99. The molecular formula is C11H16O3S. The van der Waals surface area contributed by atoms with Crippen molar-refractivity contribution in [2.75, 3.05) is 6.61 Å². The van der Waals surface area contributed by atoms with Crippen LogP contribution in [0.2, 0.25) is 0 Å². The molecule has 0 N–H and O–H groups in total. The Kier molecular flexibility index (Phi) is 3.52. The van der Waals surface area contributed by atoms with E-state index >= 15 is 0 Å². The van der Waals surface area contributed by atoms with Crippen molar-refractivity contribution in [3.05, 3.63) is 30.3 Å². The van der Waals surface area contributed by atoms with Gasteiger partial charge in [-0.3, -0.25) is 4.18 Å². The molecule has 0 aliphatic heterocycles. The molecule has 1 aromatic carbocycles. The van der Waals surface area contributed by atoms with Gasteiger partial charge in [0.2, 0.25) is 0 Å². The minimum absolute atomic E-state index is 0.165. The SMILES string of the molecule is CC(C)(C)COS(=O)(=O)c1ccccc1. The van der Waals surface area contributed by atoms with E-state index in [0.717, 1.165) is 0 Å². The minimum atomic E-state index is -3.59. The molecule has 1 rings (SSSR count). The highest BCUT2D eigenvalue weighted by Gasteiger charge is 2.19. The highest BCUT2D eigenvalue weighted by molar-refractivity contribution is 7.86. The monoisotopic (exact) mass is 228 g/mol. The summed E-state index contributed by atoms with van der Waals surface area (Å²) in [6.45, 7) is 5.96. The van der Waals surface area contributed by atoms with Crippen LogP contribution in [-0.2, 0) is 14.3 Å². The lowest BCUT2D eigenvalue weighted by molar-refractivity contribution is 0.203. The maximum Gasteiger partial charge on any atom is 0.296 e. The fourth-order valence-electron chi connectivity index (χ4n) is 0.910. The van der Waals surface area contributed by atoms with Gasteiger partial charge < -0.3 is 0 Å². The minimum Gasteiger partial charge on any atom is -0.266 e. The van der Waals surface area contributed by atoms with Crippen LogP contribution in [0.3, 0.4) is 0 Å². The molecule has 84 valence electrons. The van der Waals surface area contributed by atoms with Crippen molar-refractivity contribution in [2.45, 2.75) is 25.7 Å². The Morgan fingerprint density at radius 3 is 2.13 bits per heavy atom. The van der Waals surface area contributed by atoms with Gasteiger partial charge in [0.15, 0.2) is 0 Å². The van der Waals surface area contributed by atoms with Crippen molar-refractivity contribution in [3.63, 3.8) is 0 Å². The van der Waals surface area contributed by atoms with E-state index in [2.05, 4.69) is 0 Å². The third kappa shape index (κ3) is 4.01. The van der Waals surface area contributed by atoms with Crippen LogP contribution >= 0.6 is 0 Å². The standard InChI is InChI=1S/C11H16O3S/c1-11(2,3)9-14-15(12,13)10-7-5-4-6-8-10/h4-8H,9H2,1-3H3. The van der Waals surface area contributed by atoms with E-state index in [0.29, 0.717) is 0 Å². The summed E-state index contributed by atoms with van der Waals surface area (Å²) in [5, 5.41) is 0. The van der Waals surface area contributed by atoms with Crippen molar-refractivity contribution >= 4 is 10.1 Å². The Morgan fingerprint density at radius 1 is 1.13 bits per heavy atom. The molecule has 0 saturated carbocycles. The molecule has 0 heterocycles. The Morgan fingerprint density at radius 2 is 1.67 bits per heavy atom. The first-order valence-electron chi connectivity index (χ1n) is 4.76. The molecule has 0 aliphatic rings. The maximum absolute atomic E-state index is 11.7. The largest absolute Gasteiger partial charge is 0.296 e. The highest BCUT2D eigenvalue weighted by atomic mass is 32.2. The van der Waals surface area contributed by atoms with Crippen LogP contribution in [0.4, 0.5) is 0 Å². The number of hydrogen-bond donors (Lipinski definition) is 0.